The van der Waals surface area contributed by atoms with E-state index in [-0.39, 0.29) is 17.6 Å². The second-order valence-electron chi connectivity index (χ2n) is 11.4. The van der Waals surface area contributed by atoms with Crippen molar-refractivity contribution in [2.75, 3.05) is 92.1 Å². The second-order valence-corrected chi connectivity index (χ2v) is 11.4. The monoisotopic (exact) mass is 580 g/mol. The molecule has 0 amide bonds. The number of para-hydroxylation sites is 2. The highest BCUT2D eigenvalue weighted by atomic mass is 16.5. The molecule has 9 heteroatoms. The van der Waals surface area contributed by atoms with Crippen molar-refractivity contribution in [3.05, 3.63) is 47.5 Å². The largest absolute Gasteiger partial charge is 0.490 e. The molecule has 0 bridgehead atoms. The molecule has 2 aromatic rings. The van der Waals surface area contributed by atoms with Gasteiger partial charge in [-0.1, -0.05) is 24.3 Å². The predicted octanol–water partition coefficient (Wildman–Crippen LogP) is 3.89. The molecule has 0 spiro atoms. The van der Waals surface area contributed by atoms with Crippen LogP contribution in [-0.4, -0.2) is 108 Å². The summed E-state index contributed by atoms with van der Waals surface area (Å²) in [5.41, 5.74) is 1.86. The first kappa shape index (κ1) is 29.2. The minimum atomic E-state index is -0.236. The van der Waals surface area contributed by atoms with Crippen LogP contribution in [-0.2, 0) is 14.3 Å². The molecule has 9 nitrogen and oxygen atoms in total. The molecule has 2 fully saturated rings. The molecule has 2 saturated heterocycles. The normalized spacial score (nSPS) is 22.8. The average molecular weight is 581 g/mol. The standard InChI is InChI=1S/C33H44N2O7/c36-31(25-9-19-41-32-27(25)5-1-7-29(32)39-17-3-11-34-13-21-37-22-14-34)26-10-20-42-33-28(26)6-2-8-30(33)40-18-4-12-35-15-23-38-24-16-35/h1-2,5-8,25-26H,3-4,9-24H2. The Morgan fingerprint density at radius 1 is 0.667 bits per heavy atom. The number of ketones is 1. The van der Waals surface area contributed by atoms with Gasteiger partial charge >= 0.3 is 0 Å². The number of hydrogen-bond acceptors (Lipinski definition) is 9. The summed E-state index contributed by atoms with van der Waals surface area (Å²) >= 11 is 0. The molecule has 4 aliphatic rings. The van der Waals surface area contributed by atoms with Crippen molar-refractivity contribution in [1.82, 2.24) is 9.80 Å². The molecule has 2 atom stereocenters. The van der Waals surface area contributed by atoms with Crippen molar-refractivity contribution in [3.8, 4) is 23.0 Å². The molecule has 228 valence electrons. The fraction of sp³-hybridized carbons (Fsp3) is 0.606. The van der Waals surface area contributed by atoms with Crippen molar-refractivity contribution in [3.63, 3.8) is 0 Å². The number of ether oxygens (including phenoxy) is 6. The van der Waals surface area contributed by atoms with Crippen LogP contribution in [0, 0.1) is 0 Å². The molecular formula is C33H44N2O7. The van der Waals surface area contributed by atoms with E-state index in [0.29, 0.717) is 39.3 Å². The van der Waals surface area contributed by atoms with E-state index in [1.807, 2.05) is 36.4 Å². The van der Waals surface area contributed by atoms with Gasteiger partial charge in [0.1, 0.15) is 5.78 Å². The van der Waals surface area contributed by atoms with Crippen LogP contribution in [0.2, 0.25) is 0 Å². The van der Waals surface area contributed by atoms with Gasteiger partial charge in [-0.25, -0.2) is 0 Å². The summed E-state index contributed by atoms with van der Waals surface area (Å²) < 4.78 is 35.4. The first-order chi connectivity index (χ1) is 20.8. The fourth-order valence-electron chi connectivity index (χ4n) is 6.44. The van der Waals surface area contributed by atoms with Crippen LogP contribution in [0.3, 0.4) is 0 Å². The number of Topliss-reactive ketones (excluding diaryl/α,β-unsaturated/α-hetero) is 1. The van der Waals surface area contributed by atoms with Gasteiger partial charge in [0.05, 0.1) is 64.7 Å². The van der Waals surface area contributed by atoms with E-state index in [9.17, 15) is 4.79 Å². The Morgan fingerprint density at radius 3 is 1.57 bits per heavy atom. The van der Waals surface area contributed by atoms with E-state index in [1.54, 1.807) is 0 Å². The number of fused-ring (bicyclic) bond motifs is 2. The maximum absolute atomic E-state index is 14.1. The van der Waals surface area contributed by atoms with Crippen molar-refractivity contribution in [2.45, 2.75) is 37.5 Å². The zero-order valence-corrected chi connectivity index (χ0v) is 24.6. The Labute approximate surface area is 248 Å². The van der Waals surface area contributed by atoms with Gasteiger partial charge < -0.3 is 28.4 Å². The van der Waals surface area contributed by atoms with E-state index in [1.165, 1.54) is 0 Å². The van der Waals surface area contributed by atoms with Gasteiger partial charge in [0.2, 0.25) is 0 Å². The van der Waals surface area contributed by atoms with Gasteiger partial charge in [-0.3, -0.25) is 14.6 Å². The number of benzene rings is 2. The van der Waals surface area contributed by atoms with Gasteiger partial charge in [-0.2, -0.15) is 0 Å². The number of rotatable bonds is 12. The van der Waals surface area contributed by atoms with Crippen LogP contribution >= 0.6 is 0 Å². The first-order valence-corrected chi connectivity index (χ1v) is 15.7. The van der Waals surface area contributed by atoms with E-state index >= 15 is 0 Å². The Hall–Kier alpha value is -2.85. The average Bonchev–Trinajstić information content (AvgIpc) is 3.05. The third-order valence-corrected chi connectivity index (χ3v) is 8.72. The van der Waals surface area contributed by atoms with Crippen molar-refractivity contribution in [2.24, 2.45) is 0 Å². The number of morpholine rings is 2. The van der Waals surface area contributed by atoms with Crippen LogP contribution in [0.4, 0.5) is 0 Å². The Bertz CT molecular complexity index is 1090. The van der Waals surface area contributed by atoms with E-state index < -0.39 is 0 Å². The molecule has 4 aliphatic heterocycles. The van der Waals surface area contributed by atoms with Gasteiger partial charge in [-0.05, 0) is 37.8 Å². The van der Waals surface area contributed by atoms with Crippen molar-refractivity contribution < 1.29 is 33.2 Å². The molecule has 2 aromatic carbocycles. The molecule has 42 heavy (non-hydrogen) atoms. The second kappa shape index (κ2) is 14.6. The minimum absolute atomic E-state index is 0.220. The van der Waals surface area contributed by atoms with Crippen LogP contribution < -0.4 is 18.9 Å². The molecule has 0 radical (unpaired) electrons. The van der Waals surface area contributed by atoms with Crippen LogP contribution in [0.15, 0.2) is 36.4 Å². The van der Waals surface area contributed by atoms with Gasteiger partial charge in [0.15, 0.2) is 23.0 Å². The molecule has 0 aliphatic carbocycles. The predicted molar refractivity (Wildman–Crippen MR) is 158 cm³/mol. The zero-order chi connectivity index (χ0) is 28.6. The first-order valence-electron chi connectivity index (χ1n) is 15.7. The molecule has 0 saturated carbocycles. The summed E-state index contributed by atoms with van der Waals surface area (Å²) in [6.45, 7) is 11.3. The molecule has 0 aromatic heterocycles. The maximum atomic E-state index is 14.1. The number of nitrogens with zero attached hydrogens (tertiary/aromatic N) is 2. The van der Waals surface area contributed by atoms with E-state index in [0.717, 1.165) is 113 Å². The molecule has 4 heterocycles. The van der Waals surface area contributed by atoms with Crippen molar-refractivity contribution in [1.29, 1.82) is 0 Å². The van der Waals surface area contributed by atoms with Gasteiger partial charge in [-0.15, -0.1) is 0 Å². The summed E-state index contributed by atoms with van der Waals surface area (Å²) in [4.78, 5) is 19.0. The topological polar surface area (TPSA) is 78.9 Å². The Morgan fingerprint density at radius 2 is 1.12 bits per heavy atom. The number of carbonyl (C=O) groups excluding carboxylic acids is 1. The summed E-state index contributed by atoms with van der Waals surface area (Å²) in [6.07, 6.45) is 3.19. The molecule has 0 N–H and O–H groups in total. The smallest absolute Gasteiger partial charge is 0.165 e. The summed E-state index contributed by atoms with van der Waals surface area (Å²) in [5.74, 6) is 2.65. The van der Waals surface area contributed by atoms with E-state index in [4.69, 9.17) is 28.4 Å². The van der Waals surface area contributed by atoms with Gasteiger partial charge in [0.25, 0.3) is 0 Å². The fourth-order valence-corrected chi connectivity index (χ4v) is 6.44. The summed E-state index contributed by atoms with van der Waals surface area (Å²) in [6, 6.07) is 11.9. The third kappa shape index (κ3) is 7.02. The number of hydrogen-bond donors (Lipinski definition) is 0. The summed E-state index contributed by atoms with van der Waals surface area (Å²) in [5, 5.41) is 0. The highest BCUT2D eigenvalue weighted by Gasteiger charge is 2.37. The van der Waals surface area contributed by atoms with Crippen molar-refractivity contribution >= 4 is 5.78 Å². The van der Waals surface area contributed by atoms with E-state index in [2.05, 4.69) is 9.80 Å². The Kier molecular flexibility index (Phi) is 10.1. The number of carbonyl (C=O) groups is 1. The lowest BCUT2D eigenvalue weighted by atomic mass is 9.78. The highest BCUT2D eigenvalue weighted by Crippen LogP contribution is 2.47. The SMILES string of the molecule is O=C(C1CCOc2c(OCCCN3CCOCC3)cccc21)C1CCOc2c(OCCCN3CCOCC3)cccc21. The Balaban J connectivity index is 1.09. The van der Waals surface area contributed by atoms with Crippen LogP contribution in [0.5, 0.6) is 23.0 Å². The zero-order valence-electron chi connectivity index (χ0n) is 24.6. The molecule has 6 rings (SSSR count). The lowest BCUT2D eigenvalue weighted by Gasteiger charge is -2.32. The highest BCUT2D eigenvalue weighted by molar-refractivity contribution is 5.93. The molecular weight excluding hydrogens is 536 g/mol. The summed E-state index contributed by atoms with van der Waals surface area (Å²) in [7, 11) is 0. The quantitative estimate of drug-likeness (QED) is 0.348. The third-order valence-electron chi connectivity index (χ3n) is 8.72. The minimum Gasteiger partial charge on any atom is -0.490 e. The lowest BCUT2D eigenvalue weighted by molar-refractivity contribution is -0.123. The molecule has 2 unspecified atom stereocenters. The van der Waals surface area contributed by atoms with Crippen LogP contribution in [0.25, 0.3) is 0 Å². The maximum Gasteiger partial charge on any atom is 0.165 e. The lowest BCUT2D eigenvalue weighted by Crippen LogP contribution is -2.37. The van der Waals surface area contributed by atoms with Crippen LogP contribution in [0.1, 0.15) is 48.6 Å². The van der Waals surface area contributed by atoms with Gasteiger partial charge in [0, 0.05) is 50.4 Å².